The van der Waals surface area contributed by atoms with Crippen LogP contribution in [-0.2, 0) is 30.3 Å². The highest BCUT2D eigenvalue weighted by atomic mass is 16.5. The molecule has 2 heterocycles. The standard InChI is InChI=1S/C56H87N3O3.CO2/c1-10-57-32-34-58(35-33-57)40-21-30-59(31-22-40)49(61)56-25-18-41(52(6)26-27-52)47(56)42-16-17-45-53(7)23-20-46(51(4,5)44(53)19-24-55(45,9)54(42,8)28-29-56)62-48(60)43-37-39(50(43,2)3)36-38-14-12-11-13-15-38;2-1-3/h11-15,39-47H,10,16-37H2,1-9H3;/t39-,41-,42-,43-,44+,45-,46+,47-,53+,54-,55-,56+;/m1./s1. The van der Waals surface area contributed by atoms with E-state index < -0.39 is 0 Å². The number of rotatable bonds is 8. The number of ether oxygens (including phenoxy) is 1. The molecule has 7 saturated carbocycles. The van der Waals surface area contributed by atoms with Gasteiger partial charge in [-0.25, -0.2) is 0 Å². The lowest BCUT2D eigenvalue weighted by molar-refractivity contribution is -0.253. The summed E-state index contributed by atoms with van der Waals surface area (Å²) in [7, 11) is 0. The number of nitrogens with zero attached hydrogens (tertiary/aromatic N) is 3. The van der Waals surface area contributed by atoms with Crippen LogP contribution in [0.15, 0.2) is 30.3 Å². The van der Waals surface area contributed by atoms with Crippen molar-refractivity contribution in [3.8, 4) is 0 Å². The molecule has 0 spiro atoms. The van der Waals surface area contributed by atoms with E-state index in [-0.39, 0.29) is 56.6 Å². The maximum Gasteiger partial charge on any atom is 0.373 e. The summed E-state index contributed by atoms with van der Waals surface area (Å²) >= 11 is 0. The van der Waals surface area contributed by atoms with Gasteiger partial charge in [-0.1, -0.05) is 92.6 Å². The van der Waals surface area contributed by atoms with E-state index in [2.05, 4.69) is 107 Å². The van der Waals surface area contributed by atoms with Crippen LogP contribution in [-0.4, -0.2) is 90.7 Å². The third kappa shape index (κ3) is 7.57. The first-order chi connectivity index (χ1) is 30.8. The molecule has 1 aromatic rings. The highest BCUT2D eigenvalue weighted by molar-refractivity contribution is 5.84. The lowest BCUT2D eigenvalue weighted by Crippen LogP contribution is -2.68. The van der Waals surface area contributed by atoms with E-state index in [0.29, 0.717) is 52.9 Å². The second kappa shape index (κ2) is 17.1. The van der Waals surface area contributed by atoms with Crippen molar-refractivity contribution in [2.24, 2.45) is 79.3 Å². The highest BCUT2D eigenvalue weighted by Gasteiger charge is 2.74. The molecule has 9 aliphatic rings. The summed E-state index contributed by atoms with van der Waals surface area (Å²) in [4.78, 5) is 53.6. The van der Waals surface area contributed by atoms with Gasteiger partial charge in [0, 0.05) is 50.7 Å². The predicted molar refractivity (Wildman–Crippen MR) is 255 cm³/mol. The van der Waals surface area contributed by atoms with Crippen LogP contribution in [0.5, 0.6) is 0 Å². The largest absolute Gasteiger partial charge is 0.462 e. The highest BCUT2D eigenvalue weighted by Crippen LogP contribution is 2.79. The van der Waals surface area contributed by atoms with Crippen LogP contribution >= 0.6 is 0 Å². The van der Waals surface area contributed by atoms with Gasteiger partial charge in [0.1, 0.15) is 6.10 Å². The van der Waals surface area contributed by atoms with Crippen molar-refractivity contribution in [1.82, 2.24) is 14.7 Å². The molecule has 65 heavy (non-hydrogen) atoms. The van der Waals surface area contributed by atoms with Gasteiger partial charge in [-0.15, -0.1) is 0 Å². The van der Waals surface area contributed by atoms with Gasteiger partial charge in [0.25, 0.3) is 0 Å². The van der Waals surface area contributed by atoms with Crippen molar-refractivity contribution in [3.63, 3.8) is 0 Å². The Hall–Kier alpha value is -2.54. The number of amides is 1. The quantitative estimate of drug-likeness (QED) is 0.240. The summed E-state index contributed by atoms with van der Waals surface area (Å²) in [6.45, 7) is 30.6. The second-order valence-electron chi connectivity index (χ2n) is 26.0. The van der Waals surface area contributed by atoms with E-state index >= 15 is 4.79 Å². The Balaban J connectivity index is 0.00000173. The second-order valence-corrected chi connectivity index (χ2v) is 26.0. The van der Waals surface area contributed by atoms with E-state index in [9.17, 15) is 4.79 Å². The van der Waals surface area contributed by atoms with Gasteiger partial charge in [0.15, 0.2) is 0 Å². The molecule has 2 saturated heterocycles. The number of likely N-dealkylation sites (tertiary alicyclic amines) is 1. The summed E-state index contributed by atoms with van der Waals surface area (Å²) in [5, 5.41) is 0. The van der Waals surface area contributed by atoms with Gasteiger partial charge < -0.3 is 14.5 Å². The molecule has 0 bridgehead atoms. The van der Waals surface area contributed by atoms with Gasteiger partial charge in [0.2, 0.25) is 5.91 Å². The summed E-state index contributed by atoms with van der Waals surface area (Å²) < 4.78 is 6.75. The first-order valence-electron chi connectivity index (χ1n) is 26.8. The van der Waals surface area contributed by atoms with Crippen LogP contribution < -0.4 is 0 Å². The zero-order valence-corrected chi connectivity index (χ0v) is 42.2. The number of hydrogen-bond acceptors (Lipinski definition) is 7. The monoisotopic (exact) mass is 894 g/mol. The Morgan fingerprint density at radius 3 is 1.98 bits per heavy atom. The van der Waals surface area contributed by atoms with Crippen LogP contribution in [0, 0.1) is 79.3 Å². The van der Waals surface area contributed by atoms with Gasteiger partial charge in [-0.3, -0.25) is 14.5 Å². The Morgan fingerprint density at radius 1 is 0.677 bits per heavy atom. The predicted octanol–water partition coefficient (Wildman–Crippen LogP) is 10.7. The van der Waals surface area contributed by atoms with Crippen LogP contribution in [0.3, 0.4) is 0 Å². The van der Waals surface area contributed by atoms with Crippen molar-refractivity contribution in [1.29, 1.82) is 0 Å². The molecule has 12 atom stereocenters. The molecule has 1 amide bonds. The van der Waals surface area contributed by atoms with Crippen LogP contribution in [0.4, 0.5) is 0 Å². The molecule has 1 aromatic carbocycles. The number of fused-ring (bicyclic) bond motifs is 7. The number of carbonyl (C=O) groups excluding carboxylic acids is 4. The van der Waals surface area contributed by atoms with E-state index in [1.807, 2.05) is 0 Å². The summed E-state index contributed by atoms with van der Waals surface area (Å²) in [5.41, 5.74) is 2.32. The fourth-order valence-corrected chi connectivity index (χ4v) is 18.6. The average molecular weight is 894 g/mol. The minimum Gasteiger partial charge on any atom is -0.462 e. The van der Waals surface area contributed by atoms with Gasteiger partial charge in [0.05, 0.1) is 11.3 Å². The van der Waals surface area contributed by atoms with E-state index in [1.54, 1.807) is 0 Å². The zero-order valence-electron chi connectivity index (χ0n) is 42.2. The number of hydrogen-bond donors (Lipinski definition) is 0. The fraction of sp³-hybridized carbons (Fsp3) is 0.842. The molecule has 360 valence electrons. The maximum atomic E-state index is 15.4. The maximum absolute atomic E-state index is 15.4. The van der Waals surface area contributed by atoms with Crippen molar-refractivity contribution >= 4 is 18.0 Å². The first kappa shape index (κ1) is 47.5. The lowest BCUT2D eigenvalue weighted by Gasteiger charge is -2.73. The normalized spacial score (nSPS) is 42.9. The zero-order chi connectivity index (χ0) is 46.4. The average Bonchev–Trinajstić information content (AvgIpc) is 3.91. The fourth-order valence-electron chi connectivity index (χ4n) is 18.6. The van der Waals surface area contributed by atoms with Crippen LogP contribution in [0.1, 0.15) is 164 Å². The van der Waals surface area contributed by atoms with Gasteiger partial charge in [-0.05, 0) is 177 Å². The summed E-state index contributed by atoms with van der Waals surface area (Å²) in [5.74, 6) is 4.27. The molecular weight excluding hydrogens is 807 g/mol. The minimum atomic E-state index is -0.148. The van der Waals surface area contributed by atoms with Crippen molar-refractivity contribution in [2.75, 3.05) is 45.8 Å². The van der Waals surface area contributed by atoms with E-state index in [1.165, 1.54) is 89.5 Å². The van der Waals surface area contributed by atoms with Crippen LogP contribution in [0.25, 0.3) is 0 Å². The Bertz CT molecular complexity index is 1940. The molecule has 2 aliphatic heterocycles. The van der Waals surface area contributed by atoms with E-state index in [0.717, 1.165) is 64.6 Å². The molecule has 9 fully saturated rings. The SMILES string of the molecule is CCN1CCN(C2CCN(C(=O)[C@]34CC[C@@H](C5(C)CC5)[C@@H]3[C@H]3CC[C@@H]5[C@@]6(C)CC[C@H](OC(=O)[C@H]7C[C@@H](Cc8ccccc8)C7(C)C)C(C)(C)[C@@H]6CC[C@@]5(C)[C@]3(C)CC4)CC2)CC1.O=C=O. The molecule has 10 rings (SSSR count). The number of esters is 1. The molecule has 8 heteroatoms. The number of carbonyl (C=O) groups is 2. The number of piperidine rings is 1. The third-order valence-corrected chi connectivity index (χ3v) is 23.2. The minimum absolute atomic E-state index is 0.00788. The smallest absolute Gasteiger partial charge is 0.373 e. The number of benzene rings is 1. The molecule has 0 aromatic heterocycles. The molecule has 0 N–H and O–H groups in total. The molecule has 0 radical (unpaired) electrons. The topological polar surface area (TPSA) is 87.2 Å². The molecule has 7 aliphatic carbocycles. The van der Waals surface area contributed by atoms with Crippen molar-refractivity contribution in [2.45, 2.75) is 177 Å². The summed E-state index contributed by atoms with van der Waals surface area (Å²) in [6.07, 6.45) is 19.3. The van der Waals surface area contributed by atoms with E-state index in [4.69, 9.17) is 14.3 Å². The Morgan fingerprint density at radius 2 is 1.35 bits per heavy atom. The van der Waals surface area contributed by atoms with Crippen LogP contribution in [0.2, 0.25) is 0 Å². The molecule has 0 unspecified atom stereocenters. The first-order valence-corrected chi connectivity index (χ1v) is 26.8. The molecule has 8 nitrogen and oxygen atoms in total. The van der Waals surface area contributed by atoms with Gasteiger partial charge >= 0.3 is 12.1 Å². The number of likely N-dealkylation sites (N-methyl/N-ethyl adjacent to an activating group) is 1. The Labute approximate surface area is 393 Å². The summed E-state index contributed by atoms with van der Waals surface area (Å²) in [6, 6.07) is 11.5. The Kier molecular flexibility index (Phi) is 12.5. The van der Waals surface area contributed by atoms with Crippen molar-refractivity contribution in [3.05, 3.63) is 35.9 Å². The lowest BCUT2D eigenvalue weighted by atomic mass is 9.32. The van der Waals surface area contributed by atoms with Gasteiger partial charge in [-0.2, -0.15) is 9.59 Å². The number of piperazine rings is 1. The third-order valence-electron chi connectivity index (χ3n) is 23.2. The molecular formula is C57H87N3O5. The van der Waals surface area contributed by atoms with Crippen molar-refractivity contribution < 1.29 is 23.9 Å².